The summed E-state index contributed by atoms with van der Waals surface area (Å²) >= 11 is 0. The number of ether oxygens (including phenoxy) is 1. The molecule has 4 aromatic rings. The van der Waals surface area contributed by atoms with E-state index in [0.29, 0.717) is 48.7 Å². The highest BCUT2D eigenvalue weighted by molar-refractivity contribution is 6.20. The number of benzodiazepines with no additional fused rings is 1. The lowest BCUT2D eigenvalue weighted by atomic mass is 10.0. The van der Waals surface area contributed by atoms with Crippen molar-refractivity contribution < 1.29 is 23.1 Å². The molecule has 2 aromatic heterocycles. The number of aromatic nitrogens is 3. The lowest BCUT2D eigenvalue weighted by Gasteiger charge is -2.24. The minimum Gasteiger partial charge on any atom is -0.381 e. The molecule has 2 aliphatic heterocycles. The predicted octanol–water partition coefficient (Wildman–Crippen LogP) is 4.69. The first-order chi connectivity index (χ1) is 21.5. The maximum atomic E-state index is 15.6. The molecule has 1 saturated carbocycles. The van der Waals surface area contributed by atoms with Crippen LogP contribution in [0, 0.1) is 11.8 Å². The monoisotopic (exact) mass is 597 g/mol. The molecule has 2 fully saturated rings. The molecule has 3 aliphatic rings. The van der Waals surface area contributed by atoms with Crippen molar-refractivity contribution in [2.45, 2.75) is 43.9 Å². The average molecular weight is 598 g/mol. The zero-order valence-electron chi connectivity index (χ0n) is 23.6. The van der Waals surface area contributed by atoms with Crippen molar-refractivity contribution in [2.75, 3.05) is 23.8 Å². The van der Waals surface area contributed by atoms with Crippen molar-refractivity contribution in [1.29, 1.82) is 0 Å². The minimum atomic E-state index is -1.42. The van der Waals surface area contributed by atoms with E-state index in [-0.39, 0.29) is 34.6 Å². The molecule has 1 saturated heterocycles. The molecule has 2 amide bonds. The first-order valence-electron chi connectivity index (χ1n) is 14.6. The maximum Gasteiger partial charge on any atom is 0.269 e. The summed E-state index contributed by atoms with van der Waals surface area (Å²) < 4.78 is 37.7. The van der Waals surface area contributed by atoms with Crippen LogP contribution in [-0.2, 0) is 9.53 Å². The standard InChI is InChI=1S/C32H29F2N7O3/c33-24-8-4-7-21-26(18-5-2-1-3-6-18)38-30(32(43)39-27(21)24)40-31(42)23-17-35-41(20-13-15-44-16-14-20)28(23)22-11-12-25(37-29(22)34)36-19-9-10-19/h1-8,11-12,17,19-20,30H,9-10,13-16H2,(H,36,37)(H,39,43)(H,40,42)/t30-/m1/s1. The number of pyridine rings is 1. The number of carbonyl (C=O) groups excluding carboxylic acids is 2. The Bertz CT molecular complexity index is 1760. The number of fused-ring (bicyclic) bond motifs is 1. The number of para-hydroxylation sites is 1. The van der Waals surface area contributed by atoms with E-state index in [9.17, 15) is 14.0 Å². The van der Waals surface area contributed by atoms with Gasteiger partial charge < -0.3 is 20.7 Å². The third-order valence-electron chi connectivity index (χ3n) is 7.95. The predicted molar refractivity (Wildman–Crippen MR) is 160 cm³/mol. The molecular weight excluding hydrogens is 568 g/mol. The third kappa shape index (κ3) is 5.44. The summed E-state index contributed by atoms with van der Waals surface area (Å²) in [5, 5.41) is 12.9. The van der Waals surface area contributed by atoms with Gasteiger partial charge in [-0.05, 0) is 43.9 Å². The van der Waals surface area contributed by atoms with Gasteiger partial charge in [0.1, 0.15) is 11.6 Å². The van der Waals surface area contributed by atoms with E-state index < -0.39 is 29.7 Å². The summed E-state index contributed by atoms with van der Waals surface area (Å²) in [5.41, 5.74) is 1.71. The van der Waals surface area contributed by atoms with Crippen LogP contribution in [0.4, 0.5) is 20.3 Å². The Morgan fingerprint density at radius 2 is 1.75 bits per heavy atom. The van der Waals surface area contributed by atoms with Crippen molar-refractivity contribution in [3.63, 3.8) is 0 Å². The van der Waals surface area contributed by atoms with Gasteiger partial charge in [0, 0.05) is 30.4 Å². The number of hydrogen-bond donors (Lipinski definition) is 3. The number of benzene rings is 2. The zero-order valence-corrected chi connectivity index (χ0v) is 23.6. The number of carbonyl (C=O) groups is 2. The summed E-state index contributed by atoms with van der Waals surface area (Å²) in [6, 6.07) is 16.9. The Labute approximate surface area is 251 Å². The summed E-state index contributed by atoms with van der Waals surface area (Å²) in [4.78, 5) is 36.0. The van der Waals surface area contributed by atoms with E-state index in [1.54, 1.807) is 47.1 Å². The van der Waals surface area contributed by atoms with Crippen LogP contribution in [0.15, 0.2) is 71.9 Å². The van der Waals surface area contributed by atoms with Gasteiger partial charge in [0.05, 0.1) is 40.5 Å². The van der Waals surface area contributed by atoms with Gasteiger partial charge in [-0.15, -0.1) is 0 Å². The number of anilines is 2. The van der Waals surface area contributed by atoms with Crippen molar-refractivity contribution in [2.24, 2.45) is 4.99 Å². The second kappa shape index (κ2) is 11.6. The minimum absolute atomic E-state index is 0.0297. The fraction of sp³-hybridized carbons (Fsp3) is 0.281. The van der Waals surface area contributed by atoms with Crippen LogP contribution in [0.2, 0.25) is 0 Å². The number of nitrogens with zero attached hydrogens (tertiary/aromatic N) is 4. The van der Waals surface area contributed by atoms with Gasteiger partial charge >= 0.3 is 0 Å². The Balaban J connectivity index is 1.26. The summed E-state index contributed by atoms with van der Waals surface area (Å²) in [6.07, 6.45) is 3.22. The largest absolute Gasteiger partial charge is 0.381 e. The molecule has 0 spiro atoms. The number of hydrogen-bond acceptors (Lipinski definition) is 7. The number of amides is 2. The average Bonchev–Trinajstić information content (AvgIpc) is 3.77. The van der Waals surface area contributed by atoms with Crippen LogP contribution in [0.3, 0.4) is 0 Å². The quantitative estimate of drug-likeness (QED) is 0.266. The molecule has 0 bridgehead atoms. The van der Waals surface area contributed by atoms with Crippen LogP contribution in [-0.4, -0.2) is 57.7 Å². The molecule has 3 N–H and O–H groups in total. The number of aliphatic imine (C=N–C) groups is 1. The van der Waals surface area contributed by atoms with Gasteiger partial charge in [-0.2, -0.15) is 9.49 Å². The smallest absolute Gasteiger partial charge is 0.269 e. The molecule has 0 unspecified atom stereocenters. The molecule has 2 aromatic carbocycles. The molecule has 0 radical (unpaired) electrons. The van der Waals surface area contributed by atoms with E-state index in [4.69, 9.17) is 4.74 Å². The molecule has 10 nitrogen and oxygen atoms in total. The third-order valence-corrected chi connectivity index (χ3v) is 7.95. The molecule has 1 atom stereocenters. The normalized spacial score (nSPS) is 18.5. The van der Waals surface area contributed by atoms with Gasteiger partial charge in [0.2, 0.25) is 12.1 Å². The number of nitrogens with one attached hydrogen (secondary N) is 3. The van der Waals surface area contributed by atoms with Crippen LogP contribution < -0.4 is 16.0 Å². The molecule has 7 rings (SSSR count). The van der Waals surface area contributed by atoms with Gasteiger partial charge in [-0.1, -0.05) is 42.5 Å². The SMILES string of the molecule is O=C(N[C@H]1N=C(c2ccccc2)c2cccc(F)c2NC1=O)c1cnn(C2CCOCC2)c1-c1ccc(NC2CC2)nc1F. The summed E-state index contributed by atoms with van der Waals surface area (Å²) in [5.74, 6) is -2.38. The molecule has 12 heteroatoms. The Hall–Kier alpha value is -4.97. The van der Waals surface area contributed by atoms with E-state index >= 15 is 4.39 Å². The lowest BCUT2D eigenvalue weighted by molar-refractivity contribution is -0.117. The van der Waals surface area contributed by atoms with Gasteiger partial charge in [-0.3, -0.25) is 14.3 Å². The van der Waals surface area contributed by atoms with Gasteiger partial charge in [0.25, 0.3) is 11.8 Å². The molecule has 44 heavy (non-hydrogen) atoms. The van der Waals surface area contributed by atoms with Gasteiger partial charge in [-0.25, -0.2) is 14.4 Å². The Kier molecular flexibility index (Phi) is 7.34. The fourth-order valence-electron chi connectivity index (χ4n) is 5.55. The van der Waals surface area contributed by atoms with Crippen LogP contribution in [0.5, 0.6) is 0 Å². The topological polar surface area (TPSA) is 123 Å². The van der Waals surface area contributed by atoms with Crippen molar-refractivity contribution >= 4 is 29.0 Å². The molecule has 224 valence electrons. The number of rotatable bonds is 7. The van der Waals surface area contributed by atoms with Crippen molar-refractivity contribution in [1.82, 2.24) is 20.1 Å². The van der Waals surface area contributed by atoms with E-state index in [1.807, 2.05) is 6.07 Å². The zero-order chi connectivity index (χ0) is 30.2. The fourth-order valence-corrected chi connectivity index (χ4v) is 5.55. The molecule has 4 heterocycles. The van der Waals surface area contributed by atoms with Crippen molar-refractivity contribution in [3.8, 4) is 11.3 Å². The second-order valence-electron chi connectivity index (χ2n) is 11.0. The van der Waals surface area contributed by atoms with Crippen LogP contribution >= 0.6 is 0 Å². The Morgan fingerprint density at radius 3 is 2.50 bits per heavy atom. The lowest BCUT2D eigenvalue weighted by Crippen LogP contribution is -2.42. The Morgan fingerprint density at radius 1 is 0.955 bits per heavy atom. The first kappa shape index (κ1) is 27.8. The summed E-state index contributed by atoms with van der Waals surface area (Å²) in [7, 11) is 0. The van der Waals surface area contributed by atoms with Crippen LogP contribution in [0.25, 0.3) is 11.3 Å². The van der Waals surface area contributed by atoms with E-state index in [2.05, 4.69) is 31.0 Å². The highest BCUT2D eigenvalue weighted by Crippen LogP contribution is 2.34. The highest BCUT2D eigenvalue weighted by Gasteiger charge is 2.32. The summed E-state index contributed by atoms with van der Waals surface area (Å²) in [6.45, 7) is 1.01. The molecular formula is C32H29F2N7O3. The van der Waals surface area contributed by atoms with Gasteiger partial charge in [0.15, 0.2) is 0 Å². The van der Waals surface area contributed by atoms with Crippen LogP contribution in [0.1, 0.15) is 53.2 Å². The second-order valence-corrected chi connectivity index (χ2v) is 11.0. The highest BCUT2D eigenvalue weighted by atomic mass is 19.1. The maximum absolute atomic E-state index is 15.6. The number of halogens is 2. The molecule has 1 aliphatic carbocycles. The van der Waals surface area contributed by atoms with E-state index in [0.717, 1.165) is 12.8 Å². The first-order valence-corrected chi connectivity index (χ1v) is 14.6. The van der Waals surface area contributed by atoms with E-state index in [1.165, 1.54) is 18.3 Å². The van der Waals surface area contributed by atoms with Crippen molar-refractivity contribution in [3.05, 3.63) is 95.3 Å².